The van der Waals surface area contributed by atoms with Gasteiger partial charge in [-0.3, -0.25) is 4.21 Å². The highest BCUT2D eigenvalue weighted by molar-refractivity contribution is 7.85. The Kier molecular flexibility index (Phi) is 3.38. The lowest BCUT2D eigenvalue weighted by Crippen LogP contribution is -2.24. The SMILES string of the molecule is Nc1cccc(S(=O)C2CCOCC2)c1. The van der Waals surface area contributed by atoms with E-state index in [1.54, 1.807) is 6.07 Å². The van der Waals surface area contributed by atoms with Crippen LogP contribution in [0.25, 0.3) is 0 Å². The van der Waals surface area contributed by atoms with E-state index >= 15 is 0 Å². The van der Waals surface area contributed by atoms with Gasteiger partial charge < -0.3 is 10.5 Å². The van der Waals surface area contributed by atoms with Crippen molar-refractivity contribution in [2.75, 3.05) is 18.9 Å². The molecule has 1 aromatic rings. The lowest BCUT2D eigenvalue weighted by atomic mass is 10.2. The zero-order valence-electron chi connectivity index (χ0n) is 8.52. The molecule has 0 aliphatic carbocycles. The van der Waals surface area contributed by atoms with Gasteiger partial charge in [0.05, 0.1) is 10.8 Å². The maximum absolute atomic E-state index is 12.2. The molecule has 82 valence electrons. The van der Waals surface area contributed by atoms with Crippen LogP contribution in [0.15, 0.2) is 29.2 Å². The third kappa shape index (κ3) is 2.58. The highest BCUT2D eigenvalue weighted by atomic mass is 32.2. The molecule has 1 heterocycles. The van der Waals surface area contributed by atoms with E-state index < -0.39 is 10.8 Å². The first-order valence-electron chi connectivity index (χ1n) is 5.11. The van der Waals surface area contributed by atoms with Crippen LogP contribution in [0.5, 0.6) is 0 Å². The Balaban J connectivity index is 2.12. The van der Waals surface area contributed by atoms with E-state index in [4.69, 9.17) is 10.5 Å². The second kappa shape index (κ2) is 4.77. The molecule has 0 radical (unpaired) electrons. The highest BCUT2D eigenvalue weighted by Crippen LogP contribution is 2.21. The zero-order valence-corrected chi connectivity index (χ0v) is 9.33. The molecule has 1 unspecified atom stereocenters. The van der Waals surface area contributed by atoms with Crippen LogP contribution >= 0.6 is 0 Å². The van der Waals surface area contributed by atoms with Gasteiger partial charge in [0, 0.05) is 29.0 Å². The molecule has 1 fully saturated rings. The van der Waals surface area contributed by atoms with Crippen LogP contribution < -0.4 is 5.73 Å². The third-order valence-electron chi connectivity index (χ3n) is 2.56. The van der Waals surface area contributed by atoms with Crippen LogP contribution in [-0.2, 0) is 15.5 Å². The van der Waals surface area contributed by atoms with Gasteiger partial charge >= 0.3 is 0 Å². The Hall–Kier alpha value is -0.870. The first kappa shape index (κ1) is 10.6. The van der Waals surface area contributed by atoms with Gasteiger partial charge in [0.25, 0.3) is 0 Å². The van der Waals surface area contributed by atoms with Gasteiger partial charge in [-0.2, -0.15) is 0 Å². The lowest BCUT2D eigenvalue weighted by Gasteiger charge is -2.21. The molecule has 3 nitrogen and oxygen atoms in total. The number of hydrogen-bond acceptors (Lipinski definition) is 3. The fraction of sp³-hybridized carbons (Fsp3) is 0.455. The zero-order chi connectivity index (χ0) is 10.7. The molecule has 0 amide bonds. The predicted molar refractivity (Wildman–Crippen MR) is 61.1 cm³/mol. The van der Waals surface area contributed by atoms with Gasteiger partial charge in [-0.25, -0.2) is 0 Å². The molecule has 0 spiro atoms. The van der Waals surface area contributed by atoms with Gasteiger partial charge in [0.1, 0.15) is 0 Å². The van der Waals surface area contributed by atoms with E-state index in [0.29, 0.717) is 5.69 Å². The highest BCUT2D eigenvalue weighted by Gasteiger charge is 2.21. The van der Waals surface area contributed by atoms with Crippen molar-refractivity contribution in [2.45, 2.75) is 23.0 Å². The number of nitrogen functional groups attached to an aromatic ring is 1. The molecule has 0 bridgehead atoms. The maximum Gasteiger partial charge on any atom is 0.0563 e. The second-order valence-corrected chi connectivity index (χ2v) is 5.41. The van der Waals surface area contributed by atoms with E-state index in [1.165, 1.54) is 0 Å². The fourth-order valence-electron chi connectivity index (χ4n) is 1.72. The third-order valence-corrected chi connectivity index (χ3v) is 4.36. The summed E-state index contributed by atoms with van der Waals surface area (Å²) < 4.78 is 17.4. The molecule has 2 N–H and O–H groups in total. The average molecular weight is 225 g/mol. The van der Waals surface area contributed by atoms with Gasteiger partial charge in [0.2, 0.25) is 0 Å². The lowest BCUT2D eigenvalue weighted by molar-refractivity contribution is 0.0992. The predicted octanol–water partition coefficient (Wildman–Crippen LogP) is 1.56. The standard InChI is InChI=1S/C11H15NO2S/c12-9-2-1-3-11(8-9)15(13)10-4-6-14-7-5-10/h1-3,8,10H,4-7,12H2. The number of anilines is 1. The molecule has 0 aromatic heterocycles. The quantitative estimate of drug-likeness (QED) is 0.777. The Bertz CT molecular complexity index is 361. The average Bonchev–Trinajstić information content (AvgIpc) is 2.29. The minimum atomic E-state index is -0.940. The van der Waals surface area contributed by atoms with Crippen molar-refractivity contribution < 1.29 is 8.95 Å². The van der Waals surface area contributed by atoms with Gasteiger partial charge in [0.15, 0.2) is 0 Å². The number of nitrogens with two attached hydrogens (primary N) is 1. The molecule has 4 heteroatoms. The number of hydrogen-bond donors (Lipinski definition) is 1. The topological polar surface area (TPSA) is 52.3 Å². The van der Waals surface area contributed by atoms with E-state index in [2.05, 4.69) is 0 Å². The molecule has 15 heavy (non-hydrogen) atoms. The smallest absolute Gasteiger partial charge is 0.0563 e. The Morgan fingerprint density at radius 2 is 2.07 bits per heavy atom. The molecular formula is C11H15NO2S. The first-order valence-corrected chi connectivity index (χ1v) is 6.32. The summed E-state index contributed by atoms with van der Waals surface area (Å²) in [4.78, 5) is 0.835. The van der Waals surface area contributed by atoms with Crippen LogP contribution in [0.2, 0.25) is 0 Å². The molecule has 1 atom stereocenters. The fourth-order valence-corrected chi connectivity index (χ4v) is 3.19. The Morgan fingerprint density at radius 3 is 2.73 bits per heavy atom. The molecule has 2 rings (SSSR count). The summed E-state index contributed by atoms with van der Waals surface area (Å²) >= 11 is 0. The van der Waals surface area contributed by atoms with Gasteiger partial charge in [-0.05, 0) is 31.0 Å². The Morgan fingerprint density at radius 1 is 1.33 bits per heavy atom. The summed E-state index contributed by atoms with van der Waals surface area (Å²) in [5.74, 6) is 0. The van der Waals surface area contributed by atoms with Crippen molar-refractivity contribution in [3.05, 3.63) is 24.3 Å². The summed E-state index contributed by atoms with van der Waals surface area (Å²) in [6, 6.07) is 7.33. The first-order chi connectivity index (χ1) is 7.27. The van der Waals surface area contributed by atoms with Crippen molar-refractivity contribution in [2.24, 2.45) is 0 Å². The van der Waals surface area contributed by atoms with Crippen LogP contribution in [0.3, 0.4) is 0 Å². The van der Waals surface area contributed by atoms with E-state index in [-0.39, 0.29) is 5.25 Å². The van der Waals surface area contributed by atoms with Gasteiger partial charge in [-0.15, -0.1) is 0 Å². The van der Waals surface area contributed by atoms with Crippen molar-refractivity contribution in [1.29, 1.82) is 0 Å². The molecule has 0 saturated carbocycles. The Labute approximate surface area is 92.1 Å². The number of ether oxygens (including phenoxy) is 1. The van der Waals surface area contributed by atoms with Crippen LogP contribution in [0, 0.1) is 0 Å². The molecule has 1 aromatic carbocycles. The van der Waals surface area contributed by atoms with E-state index in [9.17, 15) is 4.21 Å². The monoisotopic (exact) mass is 225 g/mol. The van der Waals surface area contributed by atoms with E-state index in [0.717, 1.165) is 31.0 Å². The van der Waals surface area contributed by atoms with Crippen molar-refractivity contribution >= 4 is 16.5 Å². The minimum Gasteiger partial charge on any atom is -0.399 e. The minimum absolute atomic E-state index is 0.223. The summed E-state index contributed by atoms with van der Waals surface area (Å²) in [7, 11) is -0.940. The van der Waals surface area contributed by atoms with Crippen molar-refractivity contribution in [3.63, 3.8) is 0 Å². The summed E-state index contributed by atoms with van der Waals surface area (Å²) in [6.07, 6.45) is 1.75. The van der Waals surface area contributed by atoms with E-state index in [1.807, 2.05) is 18.2 Å². The normalized spacial score (nSPS) is 20.0. The van der Waals surface area contributed by atoms with Crippen molar-refractivity contribution in [1.82, 2.24) is 0 Å². The van der Waals surface area contributed by atoms with Crippen LogP contribution in [0.4, 0.5) is 5.69 Å². The second-order valence-electron chi connectivity index (χ2n) is 3.68. The molecule has 1 aliphatic heterocycles. The summed E-state index contributed by atoms with van der Waals surface area (Å²) in [5, 5.41) is 0.223. The van der Waals surface area contributed by atoms with Crippen LogP contribution in [-0.4, -0.2) is 22.7 Å². The van der Waals surface area contributed by atoms with Crippen LogP contribution in [0.1, 0.15) is 12.8 Å². The number of rotatable bonds is 2. The number of benzene rings is 1. The van der Waals surface area contributed by atoms with Gasteiger partial charge in [-0.1, -0.05) is 6.07 Å². The molecule has 1 saturated heterocycles. The molecular weight excluding hydrogens is 210 g/mol. The summed E-state index contributed by atoms with van der Waals surface area (Å²) in [5.41, 5.74) is 6.34. The maximum atomic E-state index is 12.2. The van der Waals surface area contributed by atoms with Crippen molar-refractivity contribution in [3.8, 4) is 0 Å². The summed E-state index contributed by atoms with van der Waals surface area (Å²) in [6.45, 7) is 1.44. The molecule has 1 aliphatic rings. The largest absolute Gasteiger partial charge is 0.399 e.